The molecule has 57 heavy (non-hydrogen) atoms. The van der Waals surface area contributed by atoms with E-state index in [1.807, 2.05) is 0 Å². The number of nitrogens with one attached hydrogen (secondary N) is 2. The van der Waals surface area contributed by atoms with E-state index in [0.717, 1.165) is 13.8 Å². The van der Waals surface area contributed by atoms with Gasteiger partial charge < -0.3 is 110 Å². The molecule has 0 saturated carbocycles. The molecule has 4 heterocycles. The summed E-state index contributed by atoms with van der Waals surface area (Å²) in [6.45, 7) is 0.506. The zero-order valence-corrected chi connectivity index (χ0v) is 31.2. The van der Waals surface area contributed by atoms with E-state index in [1.165, 1.54) is 14.0 Å². The van der Waals surface area contributed by atoms with Crippen LogP contribution in [0.4, 0.5) is 0 Å². The standard InChI is InChI=1S/C32H54N2O23/c1-9-18(42)21(45)22(46)29(51-9)55-26-17(34-11(3)39)28(50-4)53-15(8-37)24(26)54-30-23(47)27(20(44)14(7-36)52-30)57-32(31(48)49)5-12(40)16(33-10(2)38)25(56-32)19(43)13(41)6-35/h9,12-30,35-37,40-47H,5-8H2,1-4H3,(H,33,38)(H,34,39)(H,48,49)/t9-,12-,13+,14+,15+,16?,17+,18+,19+,20-,21+,22-,23+,24+,25+,26+,27-,28+,29-,30-,32-/m0/s1. The Kier molecular flexibility index (Phi) is 16.4. The summed E-state index contributed by atoms with van der Waals surface area (Å²) in [4.78, 5) is 37.2. The molecule has 0 aromatic carbocycles. The van der Waals surface area contributed by atoms with Crippen LogP contribution in [0, 0.1) is 0 Å². The third kappa shape index (κ3) is 10.2. The molecule has 4 saturated heterocycles. The fraction of sp³-hybridized carbons (Fsp3) is 0.906. The second-order valence-corrected chi connectivity index (χ2v) is 14.2. The zero-order chi connectivity index (χ0) is 42.7. The van der Waals surface area contributed by atoms with Gasteiger partial charge in [0.05, 0.1) is 38.1 Å². The van der Waals surface area contributed by atoms with E-state index >= 15 is 0 Å². The van der Waals surface area contributed by atoms with E-state index in [0.29, 0.717) is 0 Å². The summed E-state index contributed by atoms with van der Waals surface area (Å²) in [6.07, 6.45) is -33.9. The molecule has 4 fully saturated rings. The van der Waals surface area contributed by atoms with Gasteiger partial charge in [0.25, 0.3) is 5.79 Å². The first kappa shape index (κ1) is 47.3. The van der Waals surface area contributed by atoms with Crippen LogP contribution in [-0.4, -0.2) is 234 Å². The van der Waals surface area contributed by atoms with E-state index < -0.39 is 172 Å². The molecule has 2 amide bonds. The third-order valence-electron chi connectivity index (χ3n) is 10.2. The Hall–Kier alpha value is -2.35. The van der Waals surface area contributed by atoms with Gasteiger partial charge in [-0.1, -0.05) is 0 Å². The molecule has 14 N–H and O–H groups in total. The van der Waals surface area contributed by atoms with Gasteiger partial charge in [-0.3, -0.25) is 9.59 Å². The second kappa shape index (κ2) is 19.8. The van der Waals surface area contributed by atoms with Crippen molar-refractivity contribution in [3.05, 3.63) is 0 Å². The van der Waals surface area contributed by atoms with Crippen LogP contribution >= 0.6 is 0 Å². The fourth-order valence-electron chi connectivity index (χ4n) is 7.18. The van der Waals surface area contributed by atoms with Crippen LogP contribution < -0.4 is 10.6 Å². The minimum Gasteiger partial charge on any atom is -0.477 e. The molecule has 25 nitrogen and oxygen atoms in total. The Morgan fingerprint density at radius 1 is 0.737 bits per heavy atom. The molecule has 4 aliphatic rings. The van der Waals surface area contributed by atoms with Crippen LogP contribution in [0.15, 0.2) is 0 Å². The minimum atomic E-state index is -3.10. The number of carbonyl (C=O) groups excluding carboxylic acids is 2. The number of aliphatic hydroxyl groups excluding tert-OH is 11. The van der Waals surface area contributed by atoms with Crippen molar-refractivity contribution >= 4 is 17.8 Å². The van der Waals surface area contributed by atoms with Gasteiger partial charge in [0.1, 0.15) is 85.4 Å². The van der Waals surface area contributed by atoms with E-state index in [1.54, 1.807) is 0 Å². The largest absolute Gasteiger partial charge is 0.477 e. The molecule has 0 aromatic heterocycles. The predicted octanol–water partition coefficient (Wildman–Crippen LogP) is -8.57. The van der Waals surface area contributed by atoms with Gasteiger partial charge in [-0.05, 0) is 6.92 Å². The molecular weight excluding hydrogens is 780 g/mol. The molecule has 1 unspecified atom stereocenters. The first-order valence-corrected chi connectivity index (χ1v) is 18.0. The number of hydrogen-bond acceptors (Lipinski definition) is 22. The molecular formula is C32H54N2O23. The van der Waals surface area contributed by atoms with Crippen LogP contribution in [0.1, 0.15) is 27.2 Å². The Labute approximate surface area is 324 Å². The van der Waals surface area contributed by atoms with Gasteiger partial charge in [-0.25, -0.2) is 4.79 Å². The van der Waals surface area contributed by atoms with E-state index in [-0.39, 0.29) is 0 Å². The van der Waals surface area contributed by atoms with Crippen molar-refractivity contribution in [2.75, 3.05) is 26.9 Å². The van der Waals surface area contributed by atoms with Gasteiger partial charge >= 0.3 is 5.97 Å². The van der Waals surface area contributed by atoms with Crippen LogP contribution in [0.5, 0.6) is 0 Å². The SMILES string of the molecule is CO[C@@H]1O[C@H](CO)[C@@H](O[C@@H]2O[C@H](CO)[C@H](O)[C@H](O[C@]3(C(=O)O)C[C@H](O)C(NC(C)=O)[C@H]([C@H](O)[C@H](O)CO)O3)[C@H]2O)[C@H](O[C@@H]2O[C@@H](C)[C@@H](O)[C@@H](O)[C@@H]2O)[C@H]1NC(C)=O. The van der Waals surface area contributed by atoms with Crippen LogP contribution in [0.2, 0.25) is 0 Å². The summed E-state index contributed by atoms with van der Waals surface area (Å²) in [7, 11) is 1.18. The molecule has 0 radical (unpaired) electrons. The molecule has 4 rings (SSSR count). The van der Waals surface area contributed by atoms with Crippen molar-refractivity contribution in [3.63, 3.8) is 0 Å². The average Bonchev–Trinajstić information content (AvgIpc) is 3.16. The molecule has 0 aromatic rings. The van der Waals surface area contributed by atoms with Crippen molar-refractivity contribution < 1.29 is 114 Å². The highest BCUT2D eigenvalue weighted by atomic mass is 16.8. The number of hydrogen-bond donors (Lipinski definition) is 14. The highest BCUT2D eigenvalue weighted by Crippen LogP contribution is 2.39. The lowest BCUT2D eigenvalue weighted by Crippen LogP contribution is -2.71. The monoisotopic (exact) mass is 834 g/mol. The van der Waals surface area contributed by atoms with Crippen molar-refractivity contribution in [1.82, 2.24) is 10.6 Å². The maximum absolute atomic E-state index is 12.9. The third-order valence-corrected chi connectivity index (χ3v) is 10.2. The number of carboxylic acid groups (broad SMARTS) is 1. The van der Waals surface area contributed by atoms with Crippen LogP contribution in [0.3, 0.4) is 0 Å². The summed E-state index contributed by atoms with van der Waals surface area (Å²) in [6, 6.07) is -2.98. The molecule has 21 atom stereocenters. The molecule has 0 aliphatic carbocycles. The Morgan fingerprint density at radius 3 is 1.84 bits per heavy atom. The summed E-state index contributed by atoms with van der Waals surface area (Å²) in [5.74, 6) is -6.56. The molecule has 330 valence electrons. The summed E-state index contributed by atoms with van der Waals surface area (Å²) in [5, 5.41) is 132. The lowest BCUT2D eigenvalue weighted by atomic mass is 9.88. The molecule has 0 bridgehead atoms. The lowest BCUT2D eigenvalue weighted by Gasteiger charge is -2.51. The highest BCUT2D eigenvalue weighted by Gasteiger charge is 2.60. The molecule has 4 aliphatic heterocycles. The normalized spacial score (nSPS) is 45.1. The van der Waals surface area contributed by atoms with Gasteiger partial charge in [0.15, 0.2) is 18.9 Å². The number of rotatable bonds is 15. The lowest BCUT2D eigenvalue weighted by molar-refractivity contribution is -0.390. The minimum absolute atomic E-state index is 0.676. The smallest absolute Gasteiger partial charge is 0.364 e. The Balaban J connectivity index is 1.72. The average molecular weight is 835 g/mol. The van der Waals surface area contributed by atoms with Crippen LogP contribution in [0.25, 0.3) is 0 Å². The van der Waals surface area contributed by atoms with Crippen LogP contribution in [-0.2, 0) is 52.3 Å². The van der Waals surface area contributed by atoms with Gasteiger partial charge in [0.2, 0.25) is 11.8 Å². The second-order valence-electron chi connectivity index (χ2n) is 14.2. The number of aliphatic hydroxyl groups is 11. The Morgan fingerprint density at radius 2 is 1.30 bits per heavy atom. The number of aliphatic carboxylic acids is 1. The van der Waals surface area contributed by atoms with Crippen molar-refractivity contribution in [1.29, 1.82) is 0 Å². The van der Waals surface area contributed by atoms with E-state index in [2.05, 4.69) is 10.6 Å². The number of ether oxygens (including phenoxy) is 8. The van der Waals surface area contributed by atoms with Gasteiger partial charge in [0, 0.05) is 27.4 Å². The number of amides is 2. The number of carboxylic acids is 1. The maximum atomic E-state index is 12.9. The fourth-order valence-corrected chi connectivity index (χ4v) is 7.18. The summed E-state index contributed by atoms with van der Waals surface area (Å²) >= 11 is 0. The topological polar surface area (TPSA) is 392 Å². The molecule has 0 spiro atoms. The van der Waals surface area contributed by atoms with Crippen molar-refractivity contribution in [2.45, 2.75) is 155 Å². The van der Waals surface area contributed by atoms with Gasteiger partial charge in [-0.2, -0.15) is 0 Å². The first-order chi connectivity index (χ1) is 26.7. The zero-order valence-electron chi connectivity index (χ0n) is 31.2. The molecule has 25 heteroatoms. The quantitative estimate of drug-likeness (QED) is 0.0728. The predicted molar refractivity (Wildman–Crippen MR) is 178 cm³/mol. The highest BCUT2D eigenvalue weighted by molar-refractivity contribution is 5.76. The summed E-state index contributed by atoms with van der Waals surface area (Å²) < 4.78 is 45.8. The van der Waals surface area contributed by atoms with Gasteiger partial charge in [-0.15, -0.1) is 0 Å². The van der Waals surface area contributed by atoms with Crippen molar-refractivity contribution in [2.24, 2.45) is 0 Å². The maximum Gasteiger partial charge on any atom is 0.364 e. The number of methoxy groups -OCH3 is 1. The first-order valence-electron chi connectivity index (χ1n) is 18.0. The summed E-state index contributed by atoms with van der Waals surface area (Å²) in [5.41, 5.74) is 0. The van der Waals surface area contributed by atoms with E-state index in [9.17, 15) is 75.7 Å². The van der Waals surface area contributed by atoms with Crippen molar-refractivity contribution in [3.8, 4) is 0 Å². The number of carbonyl (C=O) groups is 3. The van der Waals surface area contributed by atoms with E-state index in [4.69, 9.17) is 37.9 Å². The Bertz CT molecular complexity index is 1350.